The number of halogens is 1. The molecule has 0 aliphatic carbocycles. The highest BCUT2D eigenvalue weighted by Crippen LogP contribution is 2.53. The van der Waals surface area contributed by atoms with E-state index in [4.69, 9.17) is 25.4 Å². The van der Waals surface area contributed by atoms with Gasteiger partial charge in [-0.05, 0) is 52.3 Å². The van der Waals surface area contributed by atoms with Crippen LogP contribution in [0.1, 0.15) is 44.6 Å². The molecule has 1 saturated heterocycles. The van der Waals surface area contributed by atoms with Crippen molar-refractivity contribution in [1.29, 1.82) is 0 Å². The molecule has 2 heterocycles. The predicted octanol–water partition coefficient (Wildman–Crippen LogP) is 4.83. The van der Waals surface area contributed by atoms with Gasteiger partial charge >= 0.3 is 13.7 Å². The number of nitrogens with zero attached hydrogens (tertiary/aromatic N) is 2. The molecule has 1 fully saturated rings. The van der Waals surface area contributed by atoms with Crippen molar-refractivity contribution in [2.75, 3.05) is 51.0 Å². The molecule has 0 saturated carbocycles. The molecule has 1 aromatic carbocycles. The molecule has 1 aromatic heterocycles. The van der Waals surface area contributed by atoms with Crippen molar-refractivity contribution in [3.05, 3.63) is 28.9 Å². The van der Waals surface area contributed by atoms with Gasteiger partial charge in [0.2, 0.25) is 10.0 Å². The summed E-state index contributed by atoms with van der Waals surface area (Å²) in [6, 6.07) is 4.83. The molecule has 2 unspecified atom stereocenters. The Kier molecular flexibility index (Phi) is 10.1. The van der Waals surface area contributed by atoms with Gasteiger partial charge in [0.15, 0.2) is 5.78 Å². The van der Waals surface area contributed by atoms with Crippen LogP contribution in [0.4, 0.5) is 10.5 Å². The Morgan fingerprint density at radius 1 is 1.18 bits per heavy atom. The molecule has 0 amide bonds. The van der Waals surface area contributed by atoms with Crippen molar-refractivity contribution in [2.45, 2.75) is 39.8 Å². The van der Waals surface area contributed by atoms with Crippen LogP contribution in [0.3, 0.4) is 0 Å². The number of ether oxygens (including phenoxy) is 1. The number of rotatable bonds is 12. The number of benzene rings is 1. The summed E-state index contributed by atoms with van der Waals surface area (Å²) in [5.41, 5.74) is 0.125. The van der Waals surface area contributed by atoms with Crippen LogP contribution in [0, 0.1) is 5.92 Å². The molecule has 2 aromatic rings. The van der Waals surface area contributed by atoms with E-state index >= 15 is 0 Å². The second-order valence-electron chi connectivity index (χ2n) is 9.00. The first-order valence-electron chi connectivity index (χ1n) is 12.5. The number of sulfonamides is 1. The Balaban J connectivity index is 2.12. The zero-order valence-electron chi connectivity index (χ0n) is 22.2. The van der Waals surface area contributed by atoms with E-state index < -0.39 is 41.1 Å². The third kappa shape index (κ3) is 6.43. The molecule has 14 heteroatoms. The lowest BCUT2D eigenvalue weighted by atomic mass is 9.99. The normalized spacial score (nSPS) is 17.6. The van der Waals surface area contributed by atoms with E-state index in [9.17, 15) is 22.6 Å². The van der Waals surface area contributed by atoms with E-state index in [1.165, 1.54) is 8.87 Å². The largest absolute Gasteiger partial charge is 0.449 e. The topological polar surface area (TPSA) is 133 Å². The van der Waals surface area contributed by atoms with Gasteiger partial charge in [0, 0.05) is 36.0 Å². The summed E-state index contributed by atoms with van der Waals surface area (Å²) in [5.74, 6) is -1.09. The summed E-state index contributed by atoms with van der Waals surface area (Å²) >= 11 is 6.29. The number of fused-ring (bicyclic) bond motifs is 1. The average molecular weight is 592 g/mol. The molecule has 0 radical (unpaired) electrons. The number of hydrogen-bond acceptors (Lipinski definition) is 9. The van der Waals surface area contributed by atoms with Crippen molar-refractivity contribution in [3.63, 3.8) is 0 Å². The van der Waals surface area contributed by atoms with Gasteiger partial charge in [-0.1, -0.05) is 11.6 Å². The smallest absolute Gasteiger partial charge is 0.419 e. The molecule has 2 atom stereocenters. The third-order valence-electron chi connectivity index (χ3n) is 6.34. The maximum atomic E-state index is 13.9. The molecule has 0 spiro atoms. The highest BCUT2D eigenvalue weighted by Gasteiger charge is 2.38. The first kappa shape index (κ1) is 30.6. The van der Waals surface area contributed by atoms with E-state index in [0.29, 0.717) is 28.0 Å². The lowest BCUT2D eigenvalue weighted by molar-refractivity contribution is 0.0914. The van der Waals surface area contributed by atoms with Crippen molar-refractivity contribution < 1.29 is 36.4 Å². The summed E-state index contributed by atoms with van der Waals surface area (Å²) in [7, 11) is -6.96. The zero-order chi connectivity index (χ0) is 28.3. The van der Waals surface area contributed by atoms with E-state index in [1.54, 1.807) is 45.9 Å². The average Bonchev–Trinajstić information content (AvgIpc) is 3.46. The van der Waals surface area contributed by atoms with Gasteiger partial charge in [0.1, 0.15) is 5.69 Å². The second kappa shape index (κ2) is 12.5. The van der Waals surface area contributed by atoms with Gasteiger partial charge in [-0.15, -0.1) is 0 Å². The molecule has 11 nitrogen and oxygen atoms in total. The SMILES string of the molecule is CCOC(=O)n1c(C(=O)C2CCN(S(C)(=O)=O)C2)c(NCC(C)P(=O)(OCC)OCC)c2cc(Cl)ccc21. The van der Waals surface area contributed by atoms with Gasteiger partial charge < -0.3 is 19.1 Å². The van der Waals surface area contributed by atoms with Crippen LogP contribution in [-0.4, -0.2) is 80.5 Å². The molecule has 0 bridgehead atoms. The van der Waals surface area contributed by atoms with Crippen LogP contribution in [0.25, 0.3) is 10.9 Å². The standard InChI is InChI=1S/C24H35ClN3O8PS/c1-6-34-24(30)28-20-10-9-18(25)13-19(20)21(26-14-16(4)37(31,35-7-2)36-8-3)22(28)23(29)17-11-12-27(15-17)38(5,32)33/h9-10,13,16-17,26H,6-8,11-12,14-15H2,1-5H3. The second-order valence-corrected chi connectivity index (χ2v) is 13.9. The minimum absolute atomic E-state index is 0.00248. The Morgan fingerprint density at radius 2 is 1.84 bits per heavy atom. The van der Waals surface area contributed by atoms with Crippen LogP contribution in [0.2, 0.25) is 5.02 Å². The summed E-state index contributed by atoms with van der Waals surface area (Å²) in [4.78, 5) is 27.1. The maximum absolute atomic E-state index is 13.9. The van der Waals surface area contributed by atoms with Crippen LogP contribution < -0.4 is 5.32 Å². The quantitative estimate of drug-likeness (QED) is 0.272. The monoisotopic (exact) mass is 591 g/mol. The van der Waals surface area contributed by atoms with Gasteiger partial charge in [-0.3, -0.25) is 9.36 Å². The fourth-order valence-corrected chi connectivity index (χ4v) is 7.18. The van der Waals surface area contributed by atoms with Crippen LogP contribution in [0.15, 0.2) is 18.2 Å². The minimum atomic E-state index is -3.48. The highest BCUT2D eigenvalue weighted by atomic mass is 35.5. The summed E-state index contributed by atoms with van der Waals surface area (Å²) < 4.78 is 56.1. The highest BCUT2D eigenvalue weighted by molar-refractivity contribution is 7.88. The molecular weight excluding hydrogens is 557 g/mol. The first-order valence-corrected chi connectivity index (χ1v) is 16.3. The number of carbonyl (C=O) groups is 2. The van der Waals surface area contributed by atoms with Gasteiger partial charge in [0.25, 0.3) is 0 Å². The Labute approximate surface area is 228 Å². The number of aromatic nitrogens is 1. The van der Waals surface area contributed by atoms with Crippen molar-refractivity contribution in [2.24, 2.45) is 5.92 Å². The number of hydrogen-bond donors (Lipinski definition) is 1. The lowest BCUT2D eigenvalue weighted by Crippen LogP contribution is -2.30. The van der Waals surface area contributed by atoms with Gasteiger partial charge in [0.05, 0.1) is 42.9 Å². The Morgan fingerprint density at radius 3 is 2.39 bits per heavy atom. The van der Waals surface area contributed by atoms with Crippen LogP contribution in [-0.2, 0) is 28.4 Å². The fraction of sp³-hybridized carbons (Fsp3) is 0.583. The van der Waals surface area contributed by atoms with E-state index in [2.05, 4.69) is 5.32 Å². The number of ketones is 1. The molecule has 1 aliphatic heterocycles. The number of nitrogens with one attached hydrogen (secondary N) is 1. The van der Waals surface area contributed by atoms with Crippen LogP contribution >= 0.6 is 19.2 Å². The Bertz CT molecular complexity index is 1340. The van der Waals surface area contributed by atoms with Crippen LogP contribution in [0.5, 0.6) is 0 Å². The van der Waals surface area contributed by atoms with E-state index in [0.717, 1.165) is 6.26 Å². The summed E-state index contributed by atoms with van der Waals surface area (Å²) in [6.07, 6.45) is 0.647. The third-order valence-corrected chi connectivity index (χ3v) is 10.3. The molecule has 212 valence electrons. The summed E-state index contributed by atoms with van der Waals surface area (Å²) in [6.45, 7) is 7.57. The fourth-order valence-electron chi connectivity index (χ4n) is 4.50. The van der Waals surface area contributed by atoms with E-state index in [1.807, 2.05) is 0 Å². The number of carbonyl (C=O) groups excluding carboxylic acids is 2. The van der Waals surface area contributed by atoms with E-state index in [-0.39, 0.29) is 45.1 Å². The lowest BCUT2D eigenvalue weighted by Gasteiger charge is -2.24. The number of anilines is 1. The molecule has 1 N–H and O–H groups in total. The van der Waals surface area contributed by atoms with Gasteiger partial charge in [-0.25, -0.2) is 22.1 Å². The maximum Gasteiger partial charge on any atom is 0.419 e. The van der Waals surface area contributed by atoms with Crippen molar-refractivity contribution >= 4 is 57.7 Å². The summed E-state index contributed by atoms with van der Waals surface area (Å²) in [5, 5.41) is 4.07. The number of Topliss-reactive ketones (excluding diaryl/α,β-unsaturated/α-hetero) is 1. The van der Waals surface area contributed by atoms with Crippen molar-refractivity contribution in [1.82, 2.24) is 8.87 Å². The molecular formula is C24H35ClN3O8PS. The Hall–Kier alpha value is -1.95. The predicted molar refractivity (Wildman–Crippen MR) is 147 cm³/mol. The molecule has 3 rings (SSSR count). The first-order chi connectivity index (χ1) is 17.9. The molecule has 1 aliphatic rings. The zero-order valence-corrected chi connectivity index (χ0v) is 24.7. The van der Waals surface area contributed by atoms with Gasteiger partial charge in [-0.2, -0.15) is 0 Å². The molecule has 38 heavy (non-hydrogen) atoms. The minimum Gasteiger partial charge on any atom is -0.449 e. The van der Waals surface area contributed by atoms with Crippen molar-refractivity contribution in [3.8, 4) is 0 Å².